The molecule has 0 saturated carbocycles. The zero-order chi connectivity index (χ0) is 9.84. The molecule has 0 fully saturated rings. The number of anilines is 1. The van der Waals surface area contributed by atoms with Crippen molar-refractivity contribution in [3.05, 3.63) is 11.8 Å². The van der Waals surface area contributed by atoms with Crippen LogP contribution in [0.3, 0.4) is 0 Å². The minimum Gasteiger partial charge on any atom is -0.477 e. The maximum absolute atomic E-state index is 10.9. The molecule has 0 aliphatic carbocycles. The monoisotopic (exact) mass is 183 g/mol. The minimum absolute atomic E-state index is 0.0400. The summed E-state index contributed by atoms with van der Waals surface area (Å²) in [7, 11) is 0. The van der Waals surface area contributed by atoms with Gasteiger partial charge in [0.1, 0.15) is 11.4 Å². The van der Waals surface area contributed by atoms with Crippen molar-refractivity contribution in [2.45, 2.75) is 13.3 Å². The van der Waals surface area contributed by atoms with Gasteiger partial charge in [-0.1, -0.05) is 6.92 Å². The Labute approximate surface area is 74.0 Å². The fourth-order valence-electron chi connectivity index (χ4n) is 0.771. The summed E-state index contributed by atoms with van der Waals surface area (Å²) in [5.41, 5.74) is -0.0400. The standard InChI is InChI=1S/C7H9N3O3/c1-2-5(11)9-6-4(7(12)13)3-8-10-6/h3H,2H2,1H3,(H,12,13)(H2,8,9,10,11). The van der Waals surface area contributed by atoms with E-state index in [0.29, 0.717) is 0 Å². The lowest BCUT2D eigenvalue weighted by Gasteiger charge is -2.00. The lowest BCUT2D eigenvalue weighted by Crippen LogP contribution is -2.12. The molecule has 0 aliphatic rings. The number of carbonyl (C=O) groups excluding carboxylic acids is 1. The molecule has 6 nitrogen and oxygen atoms in total. The minimum atomic E-state index is -1.12. The zero-order valence-electron chi connectivity index (χ0n) is 7.00. The van der Waals surface area contributed by atoms with Gasteiger partial charge in [0.25, 0.3) is 0 Å². The number of hydrogen-bond donors (Lipinski definition) is 3. The Bertz CT molecular complexity index is 331. The first kappa shape index (κ1) is 9.24. The van der Waals surface area contributed by atoms with Gasteiger partial charge in [-0.05, 0) is 0 Å². The average molecular weight is 183 g/mol. The molecule has 0 aliphatic heterocycles. The van der Waals surface area contributed by atoms with Crippen LogP contribution in [0.5, 0.6) is 0 Å². The van der Waals surface area contributed by atoms with Crippen LogP contribution in [-0.4, -0.2) is 27.2 Å². The first-order valence-corrected chi connectivity index (χ1v) is 3.71. The average Bonchev–Trinajstić information content (AvgIpc) is 2.52. The SMILES string of the molecule is CCC(=O)Nc1[nH]ncc1C(=O)O. The normalized spacial score (nSPS) is 9.62. The van der Waals surface area contributed by atoms with Crippen LogP contribution in [-0.2, 0) is 4.79 Å². The van der Waals surface area contributed by atoms with Gasteiger partial charge in [-0.15, -0.1) is 0 Å². The lowest BCUT2D eigenvalue weighted by molar-refractivity contribution is -0.115. The largest absolute Gasteiger partial charge is 0.477 e. The molecule has 1 amide bonds. The number of aromatic nitrogens is 2. The number of carbonyl (C=O) groups is 2. The molecular formula is C7H9N3O3. The first-order chi connectivity index (χ1) is 6.15. The second-order valence-electron chi connectivity index (χ2n) is 2.37. The fourth-order valence-corrected chi connectivity index (χ4v) is 0.771. The first-order valence-electron chi connectivity index (χ1n) is 3.71. The van der Waals surface area contributed by atoms with Crippen molar-refractivity contribution in [3.63, 3.8) is 0 Å². The Morgan fingerprint density at radius 2 is 2.38 bits per heavy atom. The van der Waals surface area contributed by atoms with Crippen molar-refractivity contribution in [2.75, 3.05) is 5.32 Å². The number of amides is 1. The van der Waals surface area contributed by atoms with E-state index in [0.717, 1.165) is 6.20 Å². The van der Waals surface area contributed by atoms with Crippen LogP contribution in [0, 0.1) is 0 Å². The van der Waals surface area contributed by atoms with E-state index in [1.165, 1.54) is 0 Å². The van der Waals surface area contributed by atoms with Crippen molar-refractivity contribution in [3.8, 4) is 0 Å². The molecule has 0 saturated heterocycles. The van der Waals surface area contributed by atoms with E-state index in [1.54, 1.807) is 6.92 Å². The van der Waals surface area contributed by atoms with E-state index in [9.17, 15) is 9.59 Å². The predicted molar refractivity (Wildman–Crippen MR) is 44.5 cm³/mol. The summed E-state index contributed by atoms with van der Waals surface area (Å²) in [4.78, 5) is 21.4. The van der Waals surface area contributed by atoms with Gasteiger partial charge < -0.3 is 10.4 Å². The molecule has 1 heterocycles. The van der Waals surface area contributed by atoms with E-state index >= 15 is 0 Å². The van der Waals surface area contributed by atoms with Gasteiger partial charge in [-0.2, -0.15) is 5.10 Å². The molecular weight excluding hydrogens is 174 g/mol. The van der Waals surface area contributed by atoms with Gasteiger partial charge >= 0.3 is 5.97 Å². The molecule has 1 rings (SSSR count). The molecule has 0 bridgehead atoms. The highest BCUT2D eigenvalue weighted by molar-refractivity contribution is 5.98. The Morgan fingerprint density at radius 3 is 2.92 bits per heavy atom. The van der Waals surface area contributed by atoms with Crippen molar-refractivity contribution in [1.82, 2.24) is 10.2 Å². The summed E-state index contributed by atoms with van der Waals surface area (Å²) < 4.78 is 0. The highest BCUT2D eigenvalue weighted by atomic mass is 16.4. The third-order valence-corrected chi connectivity index (χ3v) is 1.46. The Hall–Kier alpha value is -1.85. The molecule has 6 heteroatoms. The summed E-state index contributed by atoms with van der Waals surface area (Å²) in [6.07, 6.45) is 1.44. The lowest BCUT2D eigenvalue weighted by atomic mass is 10.3. The second kappa shape index (κ2) is 3.70. The molecule has 0 radical (unpaired) electrons. The van der Waals surface area contributed by atoms with Crippen LogP contribution in [0.25, 0.3) is 0 Å². The number of hydrogen-bond acceptors (Lipinski definition) is 3. The van der Waals surface area contributed by atoms with E-state index in [2.05, 4.69) is 15.5 Å². The van der Waals surface area contributed by atoms with E-state index < -0.39 is 5.97 Å². The number of aromatic amines is 1. The maximum Gasteiger partial charge on any atom is 0.341 e. The van der Waals surface area contributed by atoms with Crippen LogP contribution in [0.2, 0.25) is 0 Å². The molecule has 70 valence electrons. The van der Waals surface area contributed by atoms with Crippen LogP contribution in [0.1, 0.15) is 23.7 Å². The highest BCUT2D eigenvalue weighted by Crippen LogP contribution is 2.10. The predicted octanol–water partition coefficient (Wildman–Crippen LogP) is 0.456. The van der Waals surface area contributed by atoms with Crippen LogP contribution in [0.15, 0.2) is 6.20 Å². The molecule has 0 aromatic carbocycles. The van der Waals surface area contributed by atoms with Gasteiger partial charge in [0.15, 0.2) is 0 Å². The van der Waals surface area contributed by atoms with Crippen molar-refractivity contribution >= 4 is 17.7 Å². The molecule has 0 atom stereocenters. The molecule has 0 spiro atoms. The topological polar surface area (TPSA) is 95.1 Å². The Morgan fingerprint density at radius 1 is 1.69 bits per heavy atom. The highest BCUT2D eigenvalue weighted by Gasteiger charge is 2.13. The van der Waals surface area contributed by atoms with Gasteiger partial charge in [0.05, 0.1) is 6.20 Å². The fraction of sp³-hybridized carbons (Fsp3) is 0.286. The van der Waals surface area contributed by atoms with Gasteiger partial charge in [-0.3, -0.25) is 9.89 Å². The summed E-state index contributed by atoms with van der Waals surface area (Å²) in [5, 5.41) is 16.9. The van der Waals surface area contributed by atoms with Gasteiger partial charge in [0.2, 0.25) is 5.91 Å². The van der Waals surface area contributed by atoms with E-state index in [4.69, 9.17) is 5.11 Å². The number of rotatable bonds is 3. The van der Waals surface area contributed by atoms with E-state index in [-0.39, 0.29) is 23.7 Å². The Balaban J connectivity index is 2.82. The summed E-state index contributed by atoms with van der Waals surface area (Å²) in [6, 6.07) is 0. The summed E-state index contributed by atoms with van der Waals surface area (Å²) >= 11 is 0. The third-order valence-electron chi connectivity index (χ3n) is 1.46. The summed E-state index contributed by atoms with van der Waals surface area (Å²) in [5.74, 6) is -1.26. The molecule has 1 aromatic rings. The quantitative estimate of drug-likeness (QED) is 0.634. The number of carboxylic acids is 1. The molecule has 0 unspecified atom stereocenters. The third kappa shape index (κ3) is 2.05. The zero-order valence-corrected chi connectivity index (χ0v) is 7.00. The summed E-state index contributed by atoms with van der Waals surface area (Å²) in [6.45, 7) is 1.67. The van der Waals surface area contributed by atoms with Crippen molar-refractivity contribution in [1.29, 1.82) is 0 Å². The smallest absolute Gasteiger partial charge is 0.341 e. The van der Waals surface area contributed by atoms with Crippen molar-refractivity contribution in [2.24, 2.45) is 0 Å². The van der Waals surface area contributed by atoms with Gasteiger partial charge in [0, 0.05) is 6.42 Å². The number of aromatic carboxylic acids is 1. The van der Waals surface area contributed by atoms with Crippen molar-refractivity contribution < 1.29 is 14.7 Å². The second-order valence-corrected chi connectivity index (χ2v) is 2.37. The Kier molecular flexibility index (Phi) is 2.63. The van der Waals surface area contributed by atoms with Crippen LogP contribution < -0.4 is 5.32 Å². The van der Waals surface area contributed by atoms with Crippen LogP contribution >= 0.6 is 0 Å². The number of nitrogens with zero attached hydrogens (tertiary/aromatic N) is 1. The molecule has 3 N–H and O–H groups in total. The van der Waals surface area contributed by atoms with Crippen LogP contribution in [0.4, 0.5) is 5.82 Å². The number of H-pyrrole nitrogens is 1. The molecule has 1 aromatic heterocycles. The van der Waals surface area contributed by atoms with E-state index in [1.807, 2.05) is 0 Å². The number of nitrogens with one attached hydrogen (secondary N) is 2. The molecule has 13 heavy (non-hydrogen) atoms. The number of carboxylic acid groups (broad SMARTS) is 1. The van der Waals surface area contributed by atoms with Gasteiger partial charge in [-0.25, -0.2) is 4.79 Å². The maximum atomic E-state index is 10.9.